The van der Waals surface area contributed by atoms with Crippen molar-refractivity contribution < 1.29 is 32.5 Å². The van der Waals surface area contributed by atoms with Crippen LogP contribution >= 0.6 is 0 Å². The summed E-state index contributed by atoms with van der Waals surface area (Å²) in [4.78, 5) is 14.3. The molecule has 0 aromatic heterocycles. The zero-order valence-electron chi connectivity index (χ0n) is 13.9. The number of ether oxygens (including phenoxy) is 2. The van der Waals surface area contributed by atoms with E-state index in [4.69, 9.17) is 14.7 Å². The average Bonchev–Trinajstić information content (AvgIpc) is 3.22. The van der Waals surface area contributed by atoms with Crippen molar-refractivity contribution in [2.45, 2.75) is 43.1 Å². The van der Waals surface area contributed by atoms with E-state index in [0.29, 0.717) is 12.8 Å². The molecule has 1 aromatic carbocycles. The second kappa shape index (κ2) is 5.22. The number of aliphatic hydroxyl groups excluding tert-OH is 1. The first-order valence-corrected chi connectivity index (χ1v) is 8.70. The highest BCUT2D eigenvalue weighted by Crippen LogP contribution is 2.60. The molecule has 1 amide bonds. The minimum atomic E-state index is -4.72. The van der Waals surface area contributed by atoms with Crippen LogP contribution in [0.25, 0.3) is 0 Å². The molecular formula is C18H15F3N2O4. The Morgan fingerprint density at radius 1 is 1.37 bits per heavy atom. The van der Waals surface area contributed by atoms with E-state index in [0.717, 1.165) is 12.1 Å². The number of carbonyl (C=O) groups is 1. The molecule has 4 saturated heterocycles. The largest absolute Gasteiger partial charge is 0.417 e. The lowest BCUT2D eigenvalue weighted by molar-refractivity contribution is -0.157. The summed E-state index contributed by atoms with van der Waals surface area (Å²) in [6.07, 6.45) is -5.88. The van der Waals surface area contributed by atoms with Crippen LogP contribution in [0.2, 0.25) is 0 Å². The molecule has 142 valence electrons. The highest BCUT2D eigenvalue weighted by atomic mass is 19.4. The quantitative estimate of drug-likeness (QED) is 0.804. The van der Waals surface area contributed by atoms with Crippen molar-refractivity contribution in [3.05, 3.63) is 29.3 Å². The number of hydrogen-bond acceptors (Lipinski definition) is 5. The number of halogens is 3. The first-order valence-electron chi connectivity index (χ1n) is 8.70. The van der Waals surface area contributed by atoms with Crippen molar-refractivity contribution in [3.63, 3.8) is 0 Å². The maximum absolute atomic E-state index is 13.3. The first-order chi connectivity index (χ1) is 12.8. The van der Waals surface area contributed by atoms with Crippen LogP contribution in [0.15, 0.2) is 18.2 Å². The standard InChI is InChI=1S/C18H15F3N2O4/c19-18(20,21)10-5-9(2-1-8(10)7-22)23-15(25)13-11-6-12(24)17(27-11)3-4-26-16(23)14(13)17/h1-2,5,11-14,16,24H,3-4,6H2/t11-,12-,13+,14-,16-,17-/m1/s1. The van der Waals surface area contributed by atoms with Crippen LogP contribution < -0.4 is 4.90 Å². The van der Waals surface area contributed by atoms with Gasteiger partial charge in [0.15, 0.2) is 0 Å². The fourth-order valence-electron chi connectivity index (χ4n) is 5.26. The van der Waals surface area contributed by atoms with Gasteiger partial charge in [0.2, 0.25) is 5.91 Å². The molecule has 0 unspecified atom stereocenters. The summed E-state index contributed by atoms with van der Waals surface area (Å²) in [6, 6.07) is 4.75. The Labute approximate surface area is 152 Å². The van der Waals surface area contributed by atoms with Crippen molar-refractivity contribution in [1.82, 2.24) is 0 Å². The van der Waals surface area contributed by atoms with E-state index in [1.165, 1.54) is 17.0 Å². The molecule has 27 heavy (non-hydrogen) atoms. The van der Waals surface area contributed by atoms with Crippen LogP contribution in [-0.4, -0.2) is 41.7 Å². The third-order valence-electron chi connectivity index (χ3n) is 6.31. The van der Waals surface area contributed by atoms with Gasteiger partial charge in [0.1, 0.15) is 11.8 Å². The molecule has 1 aromatic rings. The maximum Gasteiger partial charge on any atom is 0.417 e. The van der Waals surface area contributed by atoms with Crippen molar-refractivity contribution >= 4 is 11.6 Å². The second-order valence-corrected chi connectivity index (χ2v) is 7.47. The molecule has 5 rings (SSSR count). The highest BCUT2D eigenvalue weighted by molar-refractivity contribution is 5.99. The van der Waals surface area contributed by atoms with Crippen molar-refractivity contribution in [3.8, 4) is 6.07 Å². The number of aliphatic hydroxyl groups is 1. The van der Waals surface area contributed by atoms with Gasteiger partial charge in [0.05, 0.1) is 47.8 Å². The molecule has 4 aliphatic heterocycles. The van der Waals surface area contributed by atoms with E-state index >= 15 is 0 Å². The zero-order chi connectivity index (χ0) is 19.1. The Kier molecular flexibility index (Phi) is 3.28. The summed E-state index contributed by atoms with van der Waals surface area (Å²) < 4.78 is 51.7. The smallest absolute Gasteiger partial charge is 0.390 e. The molecule has 4 heterocycles. The molecule has 0 saturated carbocycles. The lowest BCUT2D eigenvalue weighted by atomic mass is 9.68. The summed E-state index contributed by atoms with van der Waals surface area (Å²) in [6.45, 7) is 0.240. The summed E-state index contributed by atoms with van der Waals surface area (Å²) in [7, 11) is 0. The van der Waals surface area contributed by atoms with E-state index in [-0.39, 0.29) is 18.2 Å². The summed E-state index contributed by atoms with van der Waals surface area (Å²) in [5, 5.41) is 19.4. The molecule has 6 nitrogen and oxygen atoms in total. The minimum Gasteiger partial charge on any atom is -0.390 e. The van der Waals surface area contributed by atoms with Gasteiger partial charge in [0.25, 0.3) is 0 Å². The van der Waals surface area contributed by atoms with E-state index in [9.17, 15) is 23.1 Å². The number of anilines is 1. The normalized spacial score (nSPS) is 39.6. The highest BCUT2D eigenvalue weighted by Gasteiger charge is 2.74. The van der Waals surface area contributed by atoms with Gasteiger partial charge in [-0.3, -0.25) is 9.69 Å². The molecular weight excluding hydrogens is 365 g/mol. The molecule has 0 aliphatic carbocycles. The van der Waals surface area contributed by atoms with E-state index in [1.54, 1.807) is 0 Å². The lowest BCUT2D eigenvalue weighted by Gasteiger charge is -2.43. The van der Waals surface area contributed by atoms with E-state index < -0.39 is 53.2 Å². The van der Waals surface area contributed by atoms with Gasteiger partial charge in [-0.25, -0.2) is 0 Å². The fraction of sp³-hybridized carbons (Fsp3) is 0.556. The third-order valence-corrected chi connectivity index (χ3v) is 6.31. The van der Waals surface area contributed by atoms with Crippen LogP contribution in [0.5, 0.6) is 0 Å². The second-order valence-electron chi connectivity index (χ2n) is 7.47. The van der Waals surface area contributed by atoms with Gasteiger partial charge < -0.3 is 14.6 Å². The molecule has 2 bridgehead atoms. The van der Waals surface area contributed by atoms with Gasteiger partial charge in [-0.1, -0.05) is 0 Å². The van der Waals surface area contributed by atoms with Gasteiger partial charge in [-0.05, 0) is 18.2 Å². The fourth-order valence-corrected chi connectivity index (χ4v) is 5.26. The van der Waals surface area contributed by atoms with Gasteiger partial charge in [0, 0.05) is 18.5 Å². The Morgan fingerprint density at radius 3 is 2.85 bits per heavy atom. The van der Waals surface area contributed by atoms with E-state index in [1.807, 2.05) is 0 Å². The lowest BCUT2D eigenvalue weighted by Crippen LogP contribution is -2.56. The molecule has 4 fully saturated rings. The Bertz CT molecular complexity index is 882. The summed E-state index contributed by atoms with van der Waals surface area (Å²) in [5.41, 5.74) is -2.42. The number of hydrogen-bond donors (Lipinski definition) is 1. The number of fused-ring (bicyclic) bond motifs is 2. The van der Waals surface area contributed by atoms with Gasteiger partial charge in [-0.15, -0.1) is 0 Å². The van der Waals surface area contributed by atoms with Crippen LogP contribution in [0.1, 0.15) is 24.0 Å². The average molecular weight is 380 g/mol. The van der Waals surface area contributed by atoms with Gasteiger partial charge >= 0.3 is 6.18 Å². The zero-order valence-corrected chi connectivity index (χ0v) is 13.9. The summed E-state index contributed by atoms with van der Waals surface area (Å²) in [5.74, 6) is -1.32. The molecule has 4 aliphatic rings. The molecule has 1 N–H and O–H groups in total. The van der Waals surface area contributed by atoms with Crippen molar-refractivity contribution in [2.24, 2.45) is 11.8 Å². The third kappa shape index (κ3) is 2.03. The first kappa shape index (κ1) is 17.0. The Balaban J connectivity index is 1.60. The number of nitriles is 1. The molecule has 9 heteroatoms. The predicted molar refractivity (Wildman–Crippen MR) is 83.2 cm³/mol. The number of nitrogens with zero attached hydrogens (tertiary/aromatic N) is 2. The maximum atomic E-state index is 13.3. The molecule has 1 spiro atoms. The number of benzene rings is 1. The van der Waals surface area contributed by atoms with Crippen LogP contribution in [-0.2, 0) is 20.4 Å². The number of carbonyl (C=O) groups excluding carboxylic acids is 1. The molecule has 6 atom stereocenters. The van der Waals surface area contributed by atoms with E-state index in [2.05, 4.69) is 0 Å². The number of amides is 1. The number of alkyl halides is 3. The van der Waals surface area contributed by atoms with Crippen molar-refractivity contribution in [2.75, 3.05) is 11.5 Å². The minimum absolute atomic E-state index is 0.0386. The van der Waals surface area contributed by atoms with Crippen LogP contribution in [0.4, 0.5) is 18.9 Å². The Hall–Kier alpha value is -2.15. The predicted octanol–water partition coefficient (Wildman–Crippen LogP) is 1.80. The van der Waals surface area contributed by atoms with Crippen LogP contribution in [0, 0.1) is 23.2 Å². The van der Waals surface area contributed by atoms with Crippen molar-refractivity contribution in [1.29, 1.82) is 5.26 Å². The van der Waals surface area contributed by atoms with Crippen LogP contribution in [0.3, 0.4) is 0 Å². The molecule has 0 radical (unpaired) electrons. The number of rotatable bonds is 1. The topological polar surface area (TPSA) is 82.8 Å². The summed E-state index contributed by atoms with van der Waals surface area (Å²) >= 11 is 0. The monoisotopic (exact) mass is 380 g/mol. The SMILES string of the molecule is N#Cc1ccc(N2C(=O)[C@@H]3[C@@H]4[C@H]2OCC[C@]42O[C@@H]3C[C@H]2O)cc1C(F)(F)F. The van der Waals surface area contributed by atoms with Gasteiger partial charge in [-0.2, -0.15) is 18.4 Å². The Morgan fingerprint density at radius 2 is 2.15 bits per heavy atom.